The minimum Gasteiger partial charge on any atom is -0.741 e. The van der Waals surface area contributed by atoms with E-state index in [4.69, 9.17) is 13.0 Å². The molecule has 0 atom stereocenters. The van der Waals surface area contributed by atoms with Crippen LogP contribution in [0.15, 0.2) is 39.7 Å². The number of benzene rings is 1. The van der Waals surface area contributed by atoms with E-state index in [9.17, 15) is 34.8 Å². The molecule has 0 saturated carbocycles. The first-order valence-electron chi connectivity index (χ1n) is 8.41. The quantitative estimate of drug-likeness (QED) is 0.111. The maximum absolute atomic E-state index is 12.6. The highest BCUT2D eigenvalue weighted by molar-refractivity contribution is 7.87. The topological polar surface area (TPSA) is 101 Å². The molecular weight excluding hydrogens is 593 g/mol. The van der Waals surface area contributed by atoms with Gasteiger partial charge in [-0.25, -0.2) is 8.42 Å². The summed E-state index contributed by atoms with van der Waals surface area (Å²) in [5.74, 6) is -0.0386. The molecule has 0 radical (unpaired) electrons. The molecule has 0 amide bonds. The zero-order valence-corrected chi connectivity index (χ0v) is 19.9. The lowest BCUT2D eigenvalue weighted by molar-refractivity contribution is -0.581. The third-order valence-corrected chi connectivity index (χ3v) is 7.67. The van der Waals surface area contributed by atoms with Gasteiger partial charge in [-0.2, -0.15) is 34.8 Å². The van der Waals surface area contributed by atoms with E-state index < -0.39 is 52.5 Å². The molecule has 0 unspecified atom stereocenters. The van der Waals surface area contributed by atoms with E-state index in [2.05, 4.69) is 4.18 Å². The Hall–Kier alpha value is -1.07. The Bertz CT molecular complexity index is 926. The van der Waals surface area contributed by atoms with Gasteiger partial charge in [0.25, 0.3) is 0 Å². The molecule has 0 aliphatic heterocycles. The highest BCUT2D eigenvalue weighted by Crippen LogP contribution is 2.28. The molecule has 31 heavy (non-hydrogen) atoms. The molecule has 0 N–H and O–H groups in total. The van der Waals surface area contributed by atoms with E-state index in [1.807, 2.05) is 37.3 Å². The Morgan fingerprint density at radius 1 is 0.903 bits per heavy atom. The zero-order valence-electron chi connectivity index (χ0n) is 16.1. The van der Waals surface area contributed by atoms with Crippen LogP contribution in [0.2, 0.25) is 0 Å². The van der Waals surface area contributed by atoms with E-state index in [0.717, 1.165) is 3.57 Å². The third-order valence-electron chi connectivity index (χ3n) is 2.98. The summed E-state index contributed by atoms with van der Waals surface area (Å²) in [5, 5.41) is 0. The van der Waals surface area contributed by atoms with Crippen molar-refractivity contribution in [3.8, 4) is 0 Å². The highest BCUT2D eigenvalue weighted by Gasteiger charge is 2.49. The van der Waals surface area contributed by atoms with Crippen molar-refractivity contribution in [2.45, 2.75) is 50.5 Å². The molecule has 0 fully saturated rings. The van der Waals surface area contributed by atoms with E-state index in [0.29, 0.717) is 22.8 Å². The van der Waals surface area contributed by atoms with Crippen LogP contribution in [0.4, 0.5) is 26.3 Å². The van der Waals surface area contributed by atoms with E-state index in [-0.39, 0.29) is 12.2 Å². The van der Waals surface area contributed by atoms with Crippen LogP contribution in [0, 0.1) is 3.57 Å². The Morgan fingerprint density at radius 3 is 1.71 bits per heavy atom. The second-order valence-electron chi connectivity index (χ2n) is 5.60. The van der Waals surface area contributed by atoms with Gasteiger partial charge in [-0.05, 0) is 25.0 Å². The maximum Gasteiger partial charge on any atom is 0.534 e. The van der Waals surface area contributed by atoms with E-state index >= 15 is 0 Å². The summed E-state index contributed by atoms with van der Waals surface area (Å²) in [4.78, 5) is 0. The van der Waals surface area contributed by atoms with Crippen LogP contribution in [0.1, 0.15) is 39.5 Å². The minimum absolute atomic E-state index is 0.0386. The summed E-state index contributed by atoms with van der Waals surface area (Å²) in [5.41, 5.74) is -11.1. The molecule has 15 heteroatoms. The van der Waals surface area contributed by atoms with Gasteiger partial charge in [0.05, 0.1) is 0 Å². The Balaban J connectivity index is 0.000000954. The van der Waals surface area contributed by atoms with Crippen molar-refractivity contribution in [2.75, 3.05) is 0 Å². The van der Waals surface area contributed by atoms with E-state index in [1.165, 1.54) is 0 Å². The van der Waals surface area contributed by atoms with Crippen LogP contribution < -0.4 is 21.2 Å². The second kappa shape index (κ2) is 12.2. The lowest BCUT2D eigenvalue weighted by atomic mass is 10.2. The van der Waals surface area contributed by atoms with Gasteiger partial charge >= 0.3 is 42.3 Å². The molecule has 0 heterocycles. The predicted molar refractivity (Wildman–Crippen MR) is 93.8 cm³/mol. The second-order valence-corrected chi connectivity index (χ2v) is 11.6. The third kappa shape index (κ3) is 10.9. The van der Waals surface area contributed by atoms with Gasteiger partial charge in [0.2, 0.25) is 3.58 Å². The van der Waals surface area contributed by atoms with Gasteiger partial charge < -0.3 is 8.74 Å². The number of hydrogen-bond donors (Lipinski definition) is 0. The molecule has 180 valence electrons. The fraction of sp³-hybridized carbons (Fsp3) is 0.500. The van der Waals surface area contributed by atoms with Crippen molar-refractivity contribution >= 4 is 20.2 Å². The van der Waals surface area contributed by atoms with Crippen LogP contribution in [0.3, 0.4) is 0 Å². The lowest BCUT2D eigenvalue weighted by Crippen LogP contribution is -3.61. The van der Waals surface area contributed by atoms with E-state index in [1.54, 1.807) is 6.92 Å². The number of rotatable bonds is 8. The fourth-order valence-corrected chi connectivity index (χ4v) is 5.41. The molecule has 1 rings (SSSR count). The van der Waals surface area contributed by atoms with Gasteiger partial charge in [-0.1, -0.05) is 32.0 Å². The average molecular weight is 612 g/mol. The van der Waals surface area contributed by atoms with Crippen LogP contribution >= 0.6 is 0 Å². The van der Waals surface area contributed by atoms with Crippen LogP contribution in [0.25, 0.3) is 0 Å². The number of halogens is 7. The average Bonchev–Trinajstić information content (AvgIpc) is 2.59. The summed E-state index contributed by atoms with van der Waals surface area (Å²) in [6, 6.07) is 9.35. The van der Waals surface area contributed by atoms with Crippen molar-refractivity contribution in [2.24, 2.45) is 0 Å². The smallest absolute Gasteiger partial charge is 0.534 e. The normalized spacial score (nSPS) is 13.7. The predicted octanol–water partition coefficient (Wildman–Crippen LogP) is 1.67. The summed E-state index contributed by atoms with van der Waals surface area (Å²) in [6.45, 7) is 3.67. The van der Waals surface area contributed by atoms with Crippen LogP contribution in [-0.4, -0.2) is 32.4 Å². The van der Waals surface area contributed by atoms with Crippen LogP contribution in [-0.2, 0) is 24.4 Å². The Kier molecular flexibility index (Phi) is 11.8. The first kappa shape index (κ1) is 29.9. The molecule has 0 aliphatic rings. The SMILES string of the molecule is CCCC(OS(=O)(=O)C(F)(F)F)=C(CCC)[I+]c1ccccc1.O=S(=O)([O-])C(F)(F)F. The minimum atomic E-state index is -6.09. The Morgan fingerprint density at radius 2 is 1.35 bits per heavy atom. The van der Waals surface area contributed by atoms with Crippen molar-refractivity contribution in [1.82, 2.24) is 0 Å². The molecule has 0 aromatic heterocycles. The monoisotopic (exact) mass is 612 g/mol. The summed E-state index contributed by atoms with van der Waals surface area (Å²) in [7, 11) is -11.7. The van der Waals surface area contributed by atoms with Gasteiger partial charge in [0.15, 0.2) is 19.4 Å². The molecular formula is C16H19F6IO6S2. The molecule has 0 bridgehead atoms. The zero-order chi connectivity index (χ0) is 24.5. The van der Waals surface area contributed by atoms with Crippen molar-refractivity contribution in [1.29, 1.82) is 0 Å². The highest BCUT2D eigenvalue weighted by atomic mass is 127. The largest absolute Gasteiger partial charge is 0.741 e. The summed E-state index contributed by atoms with van der Waals surface area (Å²) < 4.78 is 126. The fourth-order valence-electron chi connectivity index (χ4n) is 1.70. The Labute approximate surface area is 186 Å². The first-order valence-corrected chi connectivity index (χ1v) is 13.4. The maximum atomic E-state index is 12.6. The molecule has 0 aliphatic carbocycles. The van der Waals surface area contributed by atoms with Gasteiger partial charge in [0.1, 0.15) is 0 Å². The van der Waals surface area contributed by atoms with Gasteiger partial charge in [-0.3, -0.25) is 0 Å². The number of allylic oxidation sites excluding steroid dienone is 2. The van der Waals surface area contributed by atoms with Gasteiger partial charge in [0, 0.05) is 12.8 Å². The number of alkyl halides is 6. The lowest BCUT2D eigenvalue weighted by Gasteiger charge is -2.12. The van der Waals surface area contributed by atoms with Crippen LogP contribution in [0.5, 0.6) is 0 Å². The standard InChI is InChI=1S/C15H19F3IO3S.CHF3O3S/c1-3-8-13(19-12-10-6-5-7-11-12)14(9-4-2)22-23(20,21)15(16,17)18;2-1(3,4)8(5,6)7/h5-7,10-11H,3-4,8-9H2,1-2H3;(H,5,6,7)/q+1;/p-1. The van der Waals surface area contributed by atoms with Gasteiger partial charge in [-0.15, -0.1) is 0 Å². The first-order chi connectivity index (χ1) is 14.0. The summed E-state index contributed by atoms with van der Waals surface area (Å²) >= 11 is -0.767. The summed E-state index contributed by atoms with van der Waals surface area (Å²) in [6.07, 6.45) is 1.93. The molecule has 1 aromatic rings. The molecule has 1 aromatic carbocycles. The molecule has 6 nitrogen and oxygen atoms in total. The number of hydrogen-bond acceptors (Lipinski definition) is 6. The molecule has 0 spiro atoms. The van der Waals surface area contributed by atoms with Crippen molar-refractivity contribution < 1.29 is 73.1 Å². The molecule has 0 saturated heterocycles. The van der Waals surface area contributed by atoms with Crippen molar-refractivity contribution in [3.05, 3.63) is 43.2 Å². The van der Waals surface area contributed by atoms with Crippen molar-refractivity contribution in [3.63, 3.8) is 0 Å².